The average Bonchev–Trinajstić information content (AvgIpc) is 3.39. The average molecular weight is 716 g/mol. The van der Waals surface area contributed by atoms with Gasteiger partial charge in [0.2, 0.25) is 17.7 Å². The maximum atomic E-state index is 14.1. The molecule has 2 aliphatic heterocycles. The van der Waals surface area contributed by atoms with Crippen LogP contribution in [0.4, 0.5) is 4.79 Å². The number of nitrogens with two attached hydrogens (primary N) is 1. The largest absolute Gasteiger partial charge is 0.491 e. The molecule has 3 unspecified atom stereocenters. The number of ether oxygens (including phenoxy) is 5. The van der Waals surface area contributed by atoms with E-state index >= 15 is 0 Å². The lowest BCUT2D eigenvalue weighted by Crippen LogP contribution is -2.57. The molecule has 2 aliphatic carbocycles. The molecule has 0 spiro atoms. The van der Waals surface area contributed by atoms with Gasteiger partial charge in [0.25, 0.3) is 0 Å². The number of aromatic nitrogens is 1. The van der Waals surface area contributed by atoms with Crippen LogP contribution in [0.2, 0.25) is 5.02 Å². The summed E-state index contributed by atoms with van der Waals surface area (Å²) in [5.41, 5.74) is 5.59. The Morgan fingerprint density at radius 3 is 2.46 bits per heavy atom. The van der Waals surface area contributed by atoms with Gasteiger partial charge in [-0.25, -0.2) is 9.78 Å². The quantitative estimate of drug-likeness (QED) is 0.329. The molecule has 274 valence electrons. The fraction of sp³-hybridized carbons (Fsp3) is 0.667. The lowest BCUT2D eigenvalue weighted by molar-refractivity contribution is -0.141. The third-order valence-electron chi connectivity index (χ3n) is 10.5. The first kappa shape index (κ1) is 36.2. The smallest absolute Gasteiger partial charge is 0.408 e. The van der Waals surface area contributed by atoms with E-state index in [1.807, 2.05) is 33.8 Å². The van der Waals surface area contributed by atoms with Crippen LogP contribution in [0.15, 0.2) is 18.2 Å². The zero-order valence-electron chi connectivity index (χ0n) is 29.6. The van der Waals surface area contributed by atoms with Crippen molar-refractivity contribution in [2.24, 2.45) is 28.9 Å². The topological polar surface area (TPSA) is 155 Å². The Morgan fingerprint density at radius 2 is 1.80 bits per heavy atom. The maximum Gasteiger partial charge on any atom is 0.408 e. The van der Waals surface area contributed by atoms with Crippen molar-refractivity contribution in [2.75, 3.05) is 52.6 Å². The van der Waals surface area contributed by atoms with E-state index in [-0.39, 0.29) is 19.1 Å². The molecule has 0 radical (unpaired) electrons. The van der Waals surface area contributed by atoms with E-state index in [1.54, 1.807) is 12.1 Å². The van der Waals surface area contributed by atoms with Gasteiger partial charge in [0, 0.05) is 37.5 Å². The highest BCUT2D eigenvalue weighted by Crippen LogP contribution is 2.57. The molecule has 2 saturated carbocycles. The number of benzene rings is 1. The number of carbonyl (C=O) groups is 3. The Kier molecular flexibility index (Phi) is 10.9. The zero-order chi connectivity index (χ0) is 35.7. The van der Waals surface area contributed by atoms with Gasteiger partial charge in [0.1, 0.15) is 52.9 Å². The molecule has 3 amide bonds. The van der Waals surface area contributed by atoms with Gasteiger partial charge in [0.15, 0.2) is 0 Å². The Hall–Kier alpha value is -3.55. The highest BCUT2D eigenvalue weighted by atomic mass is 35.5. The molecule has 6 rings (SSSR count). The zero-order valence-corrected chi connectivity index (χ0v) is 30.4. The summed E-state index contributed by atoms with van der Waals surface area (Å²) < 4.78 is 29.5. The number of alkyl carbamates (subject to hydrolysis) is 1. The van der Waals surface area contributed by atoms with Crippen molar-refractivity contribution >= 4 is 40.4 Å². The highest BCUT2D eigenvalue weighted by molar-refractivity contribution is 6.36. The second kappa shape index (κ2) is 15.0. The fourth-order valence-corrected chi connectivity index (χ4v) is 7.90. The number of hydrogen-bond acceptors (Lipinski definition) is 10. The third-order valence-corrected chi connectivity index (χ3v) is 10.9. The molecule has 14 heteroatoms. The molecule has 50 heavy (non-hydrogen) atoms. The number of nitrogens with one attached hydrogen (secondary N) is 1. The summed E-state index contributed by atoms with van der Waals surface area (Å²) in [6.45, 7) is 14.4. The van der Waals surface area contributed by atoms with Crippen LogP contribution in [0.1, 0.15) is 53.9 Å². The van der Waals surface area contributed by atoms with E-state index < -0.39 is 41.5 Å². The molecule has 1 aromatic heterocycles. The van der Waals surface area contributed by atoms with E-state index in [0.717, 1.165) is 32.5 Å². The summed E-state index contributed by atoms with van der Waals surface area (Å²) in [6.07, 6.45) is 0.488. The molecule has 1 aromatic carbocycles. The van der Waals surface area contributed by atoms with Gasteiger partial charge >= 0.3 is 6.09 Å². The lowest BCUT2D eigenvalue weighted by Gasteiger charge is -2.35. The minimum atomic E-state index is -0.961. The number of likely N-dealkylation sites (tertiary alicyclic amines) is 1. The monoisotopic (exact) mass is 715 g/mol. The second-order valence-corrected chi connectivity index (χ2v) is 15.4. The number of fused-ring (bicyclic) bond motifs is 2. The number of carbonyl (C=O) groups excluding carboxylic acids is 3. The SMILES string of the molecule is CCOc1cc(OC2C[C@@H](C(N)=O)N(C(=O)[C@@H](NC(=O)OC3C[C@@H]4C(C)[C@@H]4C3)C(C)(C)C)C2)c2ccc(OCCN3CCOCC3)c(Cl)c2n1. The molecule has 7 atom stereocenters. The number of hydrogen-bond donors (Lipinski definition) is 2. The number of amides is 3. The Labute approximate surface area is 298 Å². The minimum absolute atomic E-state index is 0.0733. The molecule has 4 fully saturated rings. The lowest BCUT2D eigenvalue weighted by atomic mass is 9.85. The molecule has 2 aromatic rings. The van der Waals surface area contributed by atoms with Crippen LogP contribution in [-0.4, -0.2) is 110 Å². The summed E-state index contributed by atoms with van der Waals surface area (Å²) in [4.78, 5) is 48.2. The maximum absolute atomic E-state index is 14.1. The number of nitrogens with zero attached hydrogens (tertiary/aromatic N) is 3. The van der Waals surface area contributed by atoms with Crippen LogP contribution in [0.5, 0.6) is 17.4 Å². The first-order chi connectivity index (χ1) is 23.8. The first-order valence-corrected chi connectivity index (χ1v) is 18.1. The predicted molar refractivity (Wildman–Crippen MR) is 186 cm³/mol. The predicted octanol–water partition coefficient (Wildman–Crippen LogP) is 4.02. The van der Waals surface area contributed by atoms with Crippen LogP contribution in [0, 0.1) is 23.2 Å². The van der Waals surface area contributed by atoms with E-state index in [4.69, 9.17) is 41.0 Å². The first-order valence-electron chi connectivity index (χ1n) is 17.8. The van der Waals surface area contributed by atoms with E-state index in [0.29, 0.717) is 77.5 Å². The summed E-state index contributed by atoms with van der Waals surface area (Å²) in [7, 11) is 0. The van der Waals surface area contributed by atoms with Gasteiger partial charge in [-0.3, -0.25) is 14.5 Å². The van der Waals surface area contributed by atoms with Gasteiger partial charge in [-0.05, 0) is 55.1 Å². The molecule has 3 heterocycles. The number of primary amides is 1. The van der Waals surface area contributed by atoms with Crippen molar-refractivity contribution < 1.29 is 38.1 Å². The molecule has 13 nitrogen and oxygen atoms in total. The Bertz CT molecular complexity index is 1570. The molecular formula is C36H50ClN5O8. The minimum Gasteiger partial charge on any atom is -0.491 e. The van der Waals surface area contributed by atoms with Gasteiger partial charge in [-0.2, -0.15) is 0 Å². The number of halogens is 1. The third kappa shape index (κ3) is 8.00. The molecular weight excluding hydrogens is 666 g/mol. The van der Waals surface area contributed by atoms with Gasteiger partial charge in [0.05, 0.1) is 26.4 Å². The molecule has 4 aliphatic rings. The van der Waals surface area contributed by atoms with E-state index in [1.165, 1.54) is 4.90 Å². The number of pyridine rings is 1. The van der Waals surface area contributed by atoms with Crippen LogP contribution in [0.25, 0.3) is 10.9 Å². The van der Waals surface area contributed by atoms with Crippen molar-refractivity contribution in [2.45, 2.75) is 78.2 Å². The fourth-order valence-electron chi connectivity index (χ4n) is 7.64. The Morgan fingerprint density at radius 1 is 1.08 bits per heavy atom. The molecule has 0 bridgehead atoms. The van der Waals surface area contributed by atoms with E-state index in [9.17, 15) is 14.4 Å². The molecule has 3 N–H and O–H groups in total. The van der Waals surface area contributed by atoms with Crippen LogP contribution >= 0.6 is 11.6 Å². The van der Waals surface area contributed by atoms with Crippen LogP contribution in [0.3, 0.4) is 0 Å². The van der Waals surface area contributed by atoms with Crippen molar-refractivity contribution in [3.8, 4) is 17.4 Å². The summed E-state index contributed by atoms with van der Waals surface area (Å²) in [5.74, 6) is 2.07. The van der Waals surface area contributed by atoms with Crippen molar-refractivity contribution in [1.82, 2.24) is 20.1 Å². The van der Waals surface area contributed by atoms with Crippen molar-refractivity contribution in [3.63, 3.8) is 0 Å². The summed E-state index contributed by atoms with van der Waals surface area (Å²) in [6, 6.07) is 3.38. The normalized spacial score (nSPS) is 27.0. The summed E-state index contributed by atoms with van der Waals surface area (Å²) >= 11 is 6.85. The van der Waals surface area contributed by atoms with Crippen molar-refractivity contribution in [1.29, 1.82) is 0 Å². The standard InChI is InChI=1S/C36H50ClN5O8/c1-6-47-29-18-28(23-7-8-27(30(37)31(23)39-29)48-14-11-41-9-12-46-13-10-41)49-22-17-26(33(38)43)42(19-22)34(44)32(36(3,4)5)40-35(45)50-21-15-24-20(2)25(24)16-21/h7-8,18,20-22,24-26,32H,6,9-17,19H2,1-5H3,(H2,38,43)(H,40,45)/t20?,21?,22?,24-,25+,26-,32+/m0/s1. The van der Waals surface area contributed by atoms with Crippen molar-refractivity contribution in [3.05, 3.63) is 23.2 Å². The van der Waals surface area contributed by atoms with E-state index in [2.05, 4.69) is 22.1 Å². The van der Waals surface area contributed by atoms with Gasteiger partial charge < -0.3 is 39.6 Å². The summed E-state index contributed by atoms with van der Waals surface area (Å²) in [5, 5.41) is 3.75. The van der Waals surface area contributed by atoms with Gasteiger partial charge in [-0.1, -0.05) is 39.3 Å². The number of morpholine rings is 1. The van der Waals surface area contributed by atoms with Crippen LogP contribution in [-0.2, 0) is 19.1 Å². The number of rotatable bonds is 12. The van der Waals surface area contributed by atoms with Crippen LogP contribution < -0.4 is 25.3 Å². The molecule has 2 saturated heterocycles. The Balaban J connectivity index is 1.17. The highest BCUT2D eigenvalue weighted by Gasteiger charge is 2.54. The second-order valence-electron chi connectivity index (χ2n) is 15.0. The van der Waals surface area contributed by atoms with Gasteiger partial charge in [-0.15, -0.1) is 0 Å².